The van der Waals surface area contributed by atoms with Gasteiger partial charge in [0.05, 0.1) is 6.04 Å². The molecule has 0 aromatic heterocycles. The van der Waals surface area contributed by atoms with E-state index < -0.39 is 6.04 Å². The molecule has 1 atom stereocenters. The number of para-hydroxylation sites is 1. The van der Waals surface area contributed by atoms with Gasteiger partial charge in [0, 0.05) is 18.7 Å². The number of amides is 1. The van der Waals surface area contributed by atoms with E-state index in [4.69, 9.17) is 12.2 Å². The van der Waals surface area contributed by atoms with Crippen molar-refractivity contribution in [3.05, 3.63) is 30.3 Å². The number of hydrogen-bond donors (Lipinski definition) is 1. The van der Waals surface area contributed by atoms with Gasteiger partial charge in [-0.3, -0.25) is 4.79 Å². The summed E-state index contributed by atoms with van der Waals surface area (Å²) in [6, 6.07) is 8.95. The molecule has 1 unspecified atom stereocenters. The van der Waals surface area contributed by atoms with Crippen molar-refractivity contribution in [2.75, 3.05) is 11.4 Å². The minimum Gasteiger partial charge on any atom is -0.319 e. The highest BCUT2D eigenvalue weighted by Gasteiger charge is 2.21. The number of nitrogens with zero attached hydrogens (tertiary/aromatic N) is 1. The van der Waals surface area contributed by atoms with Crippen LogP contribution in [0.1, 0.15) is 26.2 Å². The summed E-state index contributed by atoms with van der Waals surface area (Å²) >= 11 is 0. The summed E-state index contributed by atoms with van der Waals surface area (Å²) in [5.41, 5.74) is 6.68. The minimum atomic E-state index is -0.618. The van der Waals surface area contributed by atoms with E-state index in [1.165, 1.54) is 0 Å². The number of benzene rings is 1. The van der Waals surface area contributed by atoms with E-state index in [1.807, 2.05) is 30.3 Å². The summed E-state index contributed by atoms with van der Waals surface area (Å²) in [4.78, 5) is 14.0. The van der Waals surface area contributed by atoms with Gasteiger partial charge in [0.1, 0.15) is 0 Å². The monoisotopic (exact) mass is 244 g/mol. The number of hydrogen-bond acceptors (Lipinski definition) is 2. The molecule has 0 spiro atoms. The van der Waals surface area contributed by atoms with Crippen LogP contribution in [0.2, 0.25) is 0 Å². The minimum absolute atomic E-state index is 0.104. The standard InChI is InChI=1S/C15H20N2O/c1-3-5-12-17(13-10-7-6-8-11-13)15(18)14(16)9-4-2/h2,6-8,10-11,14H,3,5,9,12,16H2,1H3. The molecule has 0 aliphatic rings. The average Bonchev–Trinajstić information content (AvgIpc) is 2.40. The molecule has 96 valence electrons. The van der Waals surface area contributed by atoms with E-state index >= 15 is 0 Å². The molecule has 2 N–H and O–H groups in total. The fourth-order valence-corrected chi connectivity index (χ4v) is 1.71. The van der Waals surface area contributed by atoms with Crippen molar-refractivity contribution >= 4 is 11.6 Å². The highest BCUT2D eigenvalue weighted by atomic mass is 16.2. The van der Waals surface area contributed by atoms with Gasteiger partial charge in [-0.15, -0.1) is 12.3 Å². The molecule has 0 bridgehead atoms. The number of rotatable bonds is 6. The van der Waals surface area contributed by atoms with Gasteiger partial charge >= 0.3 is 0 Å². The lowest BCUT2D eigenvalue weighted by Crippen LogP contribution is -2.44. The van der Waals surface area contributed by atoms with Crippen LogP contribution < -0.4 is 10.6 Å². The highest BCUT2D eigenvalue weighted by Crippen LogP contribution is 2.15. The number of carbonyl (C=O) groups excluding carboxylic acids is 1. The third-order valence-corrected chi connectivity index (χ3v) is 2.72. The Morgan fingerprint density at radius 1 is 1.44 bits per heavy atom. The van der Waals surface area contributed by atoms with Crippen molar-refractivity contribution in [3.8, 4) is 12.3 Å². The fourth-order valence-electron chi connectivity index (χ4n) is 1.71. The van der Waals surface area contributed by atoms with Crippen LogP contribution in [0, 0.1) is 12.3 Å². The molecule has 0 aliphatic carbocycles. The Bertz CT molecular complexity index is 408. The molecule has 0 heterocycles. The van der Waals surface area contributed by atoms with Crippen molar-refractivity contribution in [1.29, 1.82) is 0 Å². The zero-order chi connectivity index (χ0) is 13.4. The van der Waals surface area contributed by atoms with Gasteiger partial charge in [0.25, 0.3) is 0 Å². The SMILES string of the molecule is C#CCC(N)C(=O)N(CCCC)c1ccccc1. The summed E-state index contributed by atoms with van der Waals surface area (Å²) in [6.07, 6.45) is 7.45. The van der Waals surface area contributed by atoms with Crippen molar-refractivity contribution in [2.24, 2.45) is 5.73 Å². The van der Waals surface area contributed by atoms with Crippen LogP contribution in [0.15, 0.2) is 30.3 Å². The molecule has 3 heteroatoms. The van der Waals surface area contributed by atoms with Gasteiger partial charge in [-0.05, 0) is 18.6 Å². The number of anilines is 1. The maximum Gasteiger partial charge on any atom is 0.244 e. The van der Waals surface area contributed by atoms with E-state index in [1.54, 1.807) is 4.90 Å². The largest absolute Gasteiger partial charge is 0.319 e. The Morgan fingerprint density at radius 3 is 2.67 bits per heavy atom. The van der Waals surface area contributed by atoms with Crippen molar-refractivity contribution in [2.45, 2.75) is 32.2 Å². The van der Waals surface area contributed by atoms with Crippen molar-refractivity contribution in [1.82, 2.24) is 0 Å². The summed E-state index contributed by atoms with van der Waals surface area (Å²) < 4.78 is 0. The fraction of sp³-hybridized carbons (Fsp3) is 0.400. The molecule has 0 saturated heterocycles. The van der Waals surface area contributed by atoms with Crippen LogP contribution >= 0.6 is 0 Å². The smallest absolute Gasteiger partial charge is 0.244 e. The zero-order valence-corrected chi connectivity index (χ0v) is 10.8. The van der Waals surface area contributed by atoms with Crippen LogP contribution in [0.25, 0.3) is 0 Å². The van der Waals surface area contributed by atoms with Gasteiger partial charge < -0.3 is 10.6 Å². The van der Waals surface area contributed by atoms with Gasteiger partial charge in [-0.2, -0.15) is 0 Å². The van der Waals surface area contributed by atoms with Crippen molar-refractivity contribution in [3.63, 3.8) is 0 Å². The highest BCUT2D eigenvalue weighted by molar-refractivity contribution is 5.97. The van der Waals surface area contributed by atoms with Crippen LogP contribution in [0.3, 0.4) is 0 Å². The molecular formula is C15H20N2O. The molecule has 0 fully saturated rings. The predicted octanol–water partition coefficient (Wildman–Crippen LogP) is 2.17. The van der Waals surface area contributed by atoms with Gasteiger partial charge in [0.15, 0.2) is 0 Å². The molecule has 1 amide bonds. The molecule has 18 heavy (non-hydrogen) atoms. The Morgan fingerprint density at radius 2 is 2.11 bits per heavy atom. The summed E-state index contributed by atoms with van der Waals surface area (Å²) in [5, 5.41) is 0. The Balaban J connectivity index is 2.85. The van der Waals surface area contributed by atoms with Crippen LogP contribution in [0.5, 0.6) is 0 Å². The van der Waals surface area contributed by atoms with Gasteiger partial charge in [0.2, 0.25) is 5.91 Å². The normalized spacial score (nSPS) is 11.6. The zero-order valence-electron chi connectivity index (χ0n) is 10.8. The Hall–Kier alpha value is -1.79. The second-order valence-electron chi connectivity index (χ2n) is 4.19. The second kappa shape index (κ2) is 7.52. The van der Waals surface area contributed by atoms with Gasteiger partial charge in [-0.1, -0.05) is 31.5 Å². The predicted molar refractivity (Wildman–Crippen MR) is 75.1 cm³/mol. The van der Waals surface area contributed by atoms with Crippen LogP contribution in [0.4, 0.5) is 5.69 Å². The third kappa shape index (κ3) is 3.90. The lowest BCUT2D eigenvalue weighted by Gasteiger charge is -2.25. The van der Waals surface area contributed by atoms with E-state index in [2.05, 4.69) is 12.8 Å². The summed E-state index contributed by atoms with van der Waals surface area (Å²) in [6.45, 7) is 2.77. The number of carbonyl (C=O) groups is 1. The maximum absolute atomic E-state index is 12.2. The van der Waals surface area contributed by atoms with E-state index in [0.29, 0.717) is 6.54 Å². The topological polar surface area (TPSA) is 46.3 Å². The lowest BCUT2D eigenvalue weighted by atomic mass is 10.1. The molecule has 3 nitrogen and oxygen atoms in total. The van der Waals surface area contributed by atoms with E-state index in [9.17, 15) is 4.79 Å². The molecule has 1 rings (SSSR count). The second-order valence-corrected chi connectivity index (χ2v) is 4.19. The lowest BCUT2D eigenvalue weighted by molar-refractivity contribution is -0.119. The van der Waals surface area contributed by atoms with E-state index in [-0.39, 0.29) is 12.3 Å². The van der Waals surface area contributed by atoms with Crippen LogP contribution in [-0.4, -0.2) is 18.5 Å². The first kappa shape index (κ1) is 14.3. The Kier molecular flexibility index (Phi) is 5.96. The first-order valence-electron chi connectivity index (χ1n) is 6.26. The first-order chi connectivity index (χ1) is 8.70. The van der Waals surface area contributed by atoms with E-state index in [0.717, 1.165) is 18.5 Å². The molecule has 1 aromatic rings. The average molecular weight is 244 g/mol. The first-order valence-corrected chi connectivity index (χ1v) is 6.26. The Labute approximate surface area is 109 Å². The number of unbranched alkanes of at least 4 members (excludes halogenated alkanes) is 1. The van der Waals surface area contributed by atoms with Crippen LogP contribution in [-0.2, 0) is 4.79 Å². The molecule has 0 radical (unpaired) electrons. The molecular weight excluding hydrogens is 224 g/mol. The number of nitrogens with two attached hydrogens (primary N) is 1. The molecule has 0 saturated carbocycles. The molecule has 0 aliphatic heterocycles. The molecule has 1 aromatic carbocycles. The maximum atomic E-state index is 12.2. The summed E-state index contributed by atoms with van der Waals surface area (Å²) in [7, 11) is 0. The summed E-state index contributed by atoms with van der Waals surface area (Å²) in [5.74, 6) is 2.33. The van der Waals surface area contributed by atoms with Crippen molar-refractivity contribution < 1.29 is 4.79 Å². The number of terminal acetylenes is 1. The quantitative estimate of drug-likeness (QED) is 0.780. The third-order valence-electron chi connectivity index (χ3n) is 2.72. The van der Waals surface area contributed by atoms with Gasteiger partial charge in [-0.25, -0.2) is 0 Å².